The largest absolute Gasteiger partial charge is 0.302 e. The molecule has 2 aromatic carbocycles. The maximum absolute atomic E-state index is 12.5. The van der Waals surface area contributed by atoms with Gasteiger partial charge in [0.2, 0.25) is 5.91 Å². The summed E-state index contributed by atoms with van der Waals surface area (Å²) in [5.41, 5.74) is 3.12. The summed E-state index contributed by atoms with van der Waals surface area (Å²) in [6.45, 7) is 2.25. The number of anilines is 1. The molecule has 0 aliphatic rings. The minimum Gasteiger partial charge on any atom is -0.302 e. The average Bonchev–Trinajstić information content (AvgIpc) is 3.23. The molecule has 3 aromatic rings. The number of carbonyl (C=O) groups is 1. The molecule has 4 heteroatoms. The van der Waals surface area contributed by atoms with Gasteiger partial charge in [0.1, 0.15) is 0 Å². The lowest BCUT2D eigenvalue weighted by Crippen LogP contribution is -2.10. The number of thiazole rings is 1. The van der Waals surface area contributed by atoms with E-state index < -0.39 is 0 Å². The Balaban J connectivity index is 1.52. The van der Waals surface area contributed by atoms with Crippen molar-refractivity contribution in [3.05, 3.63) is 60.7 Å². The molecule has 3 rings (SSSR count). The van der Waals surface area contributed by atoms with E-state index in [1.807, 2.05) is 36.4 Å². The molecule has 0 saturated carbocycles. The lowest BCUT2D eigenvalue weighted by atomic mass is 10.1. The molecule has 0 saturated heterocycles. The van der Waals surface area contributed by atoms with Crippen LogP contribution in [-0.4, -0.2) is 10.9 Å². The summed E-state index contributed by atoms with van der Waals surface area (Å²) in [5, 5.41) is 3.72. The summed E-state index contributed by atoms with van der Waals surface area (Å²) in [5.74, 6) is 0.0657. The molecule has 31 heavy (non-hydrogen) atoms. The second-order valence-corrected chi connectivity index (χ2v) is 9.05. The lowest BCUT2D eigenvalue weighted by molar-refractivity contribution is -0.116. The first-order chi connectivity index (χ1) is 15.3. The minimum atomic E-state index is 0.0657. The van der Waals surface area contributed by atoms with Crippen molar-refractivity contribution in [1.82, 2.24) is 4.98 Å². The molecular formula is C27H34N2OS. The fraction of sp³-hybridized carbons (Fsp3) is 0.407. The number of aromatic nitrogens is 1. The molecule has 0 fully saturated rings. The third-order valence-corrected chi connectivity index (χ3v) is 6.48. The molecule has 1 amide bonds. The summed E-state index contributed by atoms with van der Waals surface area (Å²) in [6, 6.07) is 20.4. The van der Waals surface area contributed by atoms with Crippen molar-refractivity contribution in [3.63, 3.8) is 0 Å². The molecule has 1 heterocycles. The Morgan fingerprint density at radius 1 is 0.774 bits per heavy atom. The molecule has 3 nitrogen and oxygen atoms in total. The van der Waals surface area contributed by atoms with Gasteiger partial charge >= 0.3 is 0 Å². The zero-order valence-corrected chi connectivity index (χ0v) is 19.4. The number of unbranched alkanes of at least 4 members (excludes halogenated alkanes) is 8. The van der Waals surface area contributed by atoms with Gasteiger partial charge in [0, 0.05) is 12.0 Å². The average molecular weight is 435 g/mol. The van der Waals surface area contributed by atoms with E-state index in [9.17, 15) is 4.79 Å². The quantitative estimate of drug-likeness (QED) is 0.275. The van der Waals surface area contributed by atoms with Gasteiger partial charge in [-0.3, -0.25) is 4.79 Å². The highest BCUT2D eigenvalue weighted by molar-refractivity contribution is 7.19. The monoisotopic (exact) mass is 434 g/mol. The smallest absolute Gasteiger partial charge is 0.226 e. The maximum atomic E-state index is 12.5. The highest BCUT2D eigenvalue weighted by Gasteiger charge is 2.16. The van der Waals surface area contributed by atoms with E-state index in [4.69, 9.17) is 4.98 Å². The molecule has 164 valence electrons. The predicted octanol–water partition coefficient (Wildman–Crippen LogP) is 8.34. The molecule has 0 bridgehead atoms. The third-order valence-electron chi connectivity index (χ3n) is 5.46. The maximum Gasteiger partial charge on any atom is 0.226 e. The molecule has 0 atom stereocenters. The number of amides is 1. The Labute approximate surface area is 190 Å². The Hall–Kier alpha value is -2.46. The van der Waals surface area contributed by atoms with Crippen LogP contribution in [0.2, 0.25) is 0 Å². The van der Waals surface area contributed by atoms with Crippen molar-refractivity contribution >= 4 is 22.4 Å². The summed E-state index contributed by atoms with van der Waals surface area (Å²) in [6.07, 6.45) is 11.9. The molecule has 0 aliphatic carbocycles. The molecule has 0 radical (unpaired) electrons. The van der Waals surface area contributed by atoms with Gasteiger partial charge < -0.3 is 5.32 Å². The van der Waals surface area contributed by atoms with Crippen LogP contribution in [0.25, 0.3) is 21.7 Å². The Morgan fingerprint density at radius 2 is 1.32 bits per heavy atom. The first-order valence-electron chi connectivity index (χ1n) is 11.7. The fourth-order valence-electron chi connectivity index (χ4n) is 3.73. The van der Waals surface area contributed by atoms with Crippen LogP contribution in [0.15, 0.2) is 60.7 Å². The van der Waals surface area contributed by atoms with Gasteiger partial charge in [-0.2, -0.15) is 0 Å². The van der Waals surface area contributed by atoms with Gasteiger partial charge in [-0.15, -0.1) is 0 Å². The van der Waals surface area contributed by atoms with Crippen molar-refractivity contribution in [1.29, 1.82) is 0 Å². The topological polar surface area (TPSA) is 42.0 Å². The standard InChI is InChI=1S/C27H34N2OS/c1-2-3-4-5-6-7-8-9-16-21-24(30)28-27-29-25(22-17-12-10-13-18-22)26(31-27)23-19-14-11-15-20-23/h10-15,17-20H,2-9,16,21H2,1H3,(H,28,29,30). The van der Waals surface area contributed by atoms with Crippen LogP contribution in [0.4, 0.5) is 5.13 Å². The number of benzene rings is 2. The zero-order chi connectivity index (χ0) is 21.7. The second-order valence-electron chi connectivity index (χ2n) is 8.06. The lowest BCUT2D eigenvalue weighted by Gasteiger charge is -2.03. The van der Waals surface area contributed by atoms with Crippen molar-refractivity contribution in [3.8, 4) is 21.7 Å². The molecule has 0 aliphatic heterocycles. The van der Waals surface area contributed by atoms with Gasteiger partial charge in [-0.1, -0.05) is 130 Å². The predicted molar refractivity (Wildman–Crippen MR) is 133 cm³/mol. The molecule has 1 N–H and O–H groups in total. The first-order valence-corrected chi connectivity index (χ1v) is 12.5. The van der Waals surface area contributed by atoms with E-state index >= 15 is 0 Å². The zero-order valence-electron chi connectivity index (χ0n) is 18.6. The van der Waals surface area contributed by atoms with Crippen LogP contribution >= 0.6 is 11.3 Å². The van der Waals surface area contributed by atoms with Gasteiger partial charge in [0.15, 0.2) is 5.13 Å². The number of rotatable bonds is 13. The second kappa shape index (κ2) is 13.1. The van der Waals surface area contributed by atoms with Crippen molar-refractivity contribution in [2.24, 2.45) is 0 Å². The van der Waals surface area contributed by atoms with Crippen molar-refractivity contribution in [2.75, 3.05) is 5.32 Å². The van der Waals surface area contributed by atoms with E-state index in [-0.39, 0.29) is 5.91 Å². The summed E-state index contributed by atoms with van der Waals surface area (Å²) >= 11 is 1.55. The summed E-state index contributed by atoms with van der Waals surface area (Å²) in [7, 11) is 0. The number of hydrogen-bond acceptors (Lipinski definition) is 3. The van der Waals surface area contributed by atoms with E-state index in [1.54, 1.807) is 11.3 Å². The minimum absolute atomic E-state index is 0.0657. The van der Waals surface area contributed by atoms with Crippen LogP contribution in [-0.2, 0) is 4.79 Å². The van der Waals surface area contributed by atoms with Gasteiger partial charge in [-0.25, -0.2) is 4.98 Å². The molecule has 0 unspecified atom stereocenters. The van der Waals surface area contributed by atoms with Crippen LogP contribution in [0.1, 0.15) is 71.1 Å². The van der Waals surface area contributed by atoms with Crippen molar-refractivity contribution < 1.29 is 4.79 Å². The third kappa shape index (κ3) is 7.62. The highest BCUT2D eigenvalue weighted by atomic mass is 32.1. The van der Waals surface area contributed by atoms with Gasteiger partial charge in [0.05, 0.1) is 10.6 Å². The highest BCUT2D eigenvalue weighted by Crippen LogP contribution is 2.38. The van der Waals surface area contributed by atoms with E-state index in [0.717, 1.165) is 34.5 Å². The molecular weight excluding hydrogens is 400 g/mol. The summed E-state index contributed by atoms with van der Waals surface area (Å²) in [4.78, 5) is 18.3. The normalized spacial score (nSPS) is 10.9. The number of nitrogens with one attached hydrogen (secondary N) is 1. The van der Waals surface area contributed by atoms with E-state index in [1.165, 1.54) is 44.9 Å². The Kier molecular flexibility index (Phi) is 9.78. The van der Waals surface area contributed by atoms with Gasteiger partial charge in [0.25, 0.3) is 0 Å². The van der Waals surface area contributed by atoms with Gasteiger partial charge in [-0.05, 0) is 12.0 Å². The molecule has 1 aromatic heterocycles. The summed E-state index contributed by atoms with van der Waals surface area (Å²) < 4.78 is 0. The van der Waals surface area contributed by atoms with Crippen LogP contribution in [0, 0.1) is 0 Å². The first kappa shape index (κ1) is 23.2. The van der Waals surface area contributed by atoms with Crippen LogP contribution < -0.4 is 5.32 Å². The molecule has 0 spiro atoms. The van der Waals surface area contributed by atoms with E-state index in [2.05, 4.69) is 36.5 Å². The van der Waals surface area contributed by atoms with E-state index in [0.29, 0.717) is 11.6 Å². The number of carbonyl (C=O) groups excluding carboxylic acids is 1. The Bertz CT molecular complexity index is 849. The SMILES string of the molecule is CCCCCCCCCCCC(=O)Nc1nc(-c2ccccc2)c(-c2ccccc2)s1. The fourth-order valence-corrected chi connectivity index (χ4v) is 4.74. The number of nitrogens with zero attached hydrogens (tertiary/aromatic N) is 1. The van der Waals surface area contributed by atoms with Crippen molar-refractivity contribution in [2.45, 2.75) is 71.1 Å². The van der Waals surface area contributed by atoms with Crippen LogP contribution in [0.5, 0.6) is 0 Å². The van der Waals surface area contributed by atoms with Crippen LogP contribution in [0.3, 0.4) is 0 Å². The Morgan fingerprint density at radius 3 is 1.94 bits per heavy atom. The number of hydrogen-bond donors (Lipinski definition) is 1.